The van der Waals surface area contributed by atoms with Crippen LogP contribution in [0.5, 0.6) is 0 Å². The number of aliphatic carboxylic acids is 1. The van der Waals surface area contributed by atoms with Crippen molar-refractivity contribution < 1.29 is 14.7 Å². The highest BCUT2D eigenvalue weighted by Crippen LogP contribution is 2.17. The summed E-state index contributed by atoms with van der Waals surface area (Å²) in [5, 5.41) is 11.9. The van der Waals surface area contributed by atoms with Gasteiger partial charge in [-0.05, 0) is 30.5 Å². The van der Waals surface area contributed by atoms with Crippen LogP contribution in [0.25, 0.3) is 0 Å². The van der Waals surface area contributed by atoms with Crippen LogP contribution in [-0.4, -0.2) is 23.0 Å². The van der Waals surface area contributed by atoms with E-state index in [9.17, 15) is 9.59 Å². The van der Waals surface area contributed by atoms with Crippen LogP contribution in [0.2, 0.25) is 5.02 Å². The topological polar surface area (TPSA) is 92.4 Å². The Bertz CT molecular complexity index is 469. The van der Waals surface area contributed by atoms with Gasteiger partial charge in [0.2, 0.25) is 0 Å². The Morgan fingerprint density at radius 2 is 2.00 bits per heavy atom. The summed E-state index contributed by atoms with van der Waals surface area (Å²) < 4.78 is 0. The van der Waals surface area contributed by atoms with Gasteiger partial charge in [0.05, 0.1) is 0 Å². The van der Waals surface area contributed by atoms with Crippen LogP contribution in [0.4, 0.5) is 5.69 Å². The van der Waals surface area contributed by atoms with Crippen molar-refractivity contribution in [3.8, 4) is 0 Å². The van der Waals surface area contributed by atoms with Crippen molar-refractivity contribution in [2.75, 3.05) is 5.73 Å². The quantitative estimate of drug-likeness (QED) is 0.722. The zero-order chi connectivity index (χ0) is 14.6. The number of carbonyl (C=O) groups excluding carboxylic acids is 1. The van der Waals surface area contributed by atoms with E-state index in [1.165, 1.54) is 18.2 Å². The molecule has 0 radical (unpaired) electrons. The lowest BCUT2D eigenvalue weighted by atomic mass is 10.0. The second kappa shape index (κ2) is 6.43. The van der Waals surface area contributed by atoms with Crippen molar-refractivity contribution in [3.63, 3.8) is 0 Å². The molecular formula is C13H17ClN2O3. The summed E-state index contributed by atoms with van der Waals surface area (Å²) in [6.45, 7) is 3.78. The maximum absolute atomic E-state index is 12.0. The van der Waals surface area contributed by atoms with Crippen molar-refractivity contribution in [1.29, 1.82) is 0 Å². The van der Waals surface area contributed by atoms with Gasteiger partial charge in [-0.15, -0.1) is 0 Å². The van der Waals surface area contributed by atoms with Crippen molar-refractivity contribution in [2.24, 2.45) is 5.92 Å². The van der Waals surface area contributed by atoms with Crippen LogP contribution in [0, 0.1) is 5.92 Å². The summed E-state index contributed by atoms with van der Waals surface area (Å²) in [7, 11) is 0. The molecule has 1 atom stereocenters. The molecule has 0 aliphatic rings. The molecule has 1 amide bonds. The molecule has 1 rings (SSSR count). The van der Waals surface area contributed by atoms with Gasteiger partial charge < -0.3 is 16.2 Å². The van der Waals surface area contributed by atoms with E-state index in [1.807, 2.05) is 13.8 Å². The Balaban J connectivity index is 2.84. The van der Waals surface area contributed by atoms with E-state index in [-0.39, 0.29) is 11.5 Å². The maximum atomic E-state index is 12.0. The van der Waals surface area contributed by atoms with Gasteiger partial charge in [-0.3, -0.25) is 4.79 Å². The van der Waals surface area contributed by atoms with Crippen molar-refractivity contribution >= 4 is 29.2 Å². The number of amides is 1. The Kier molecular flexibility index (Phi) is 5.18. The van der Waals surface area contributed by atoms with Crippen LogP contribution < -0.4 is 11.1 Å². The van der Waals surface area contributed by atoms with E-state index >= 15 is 0 Å². The molecule has 0 aliphatic heterocycles. The first-order chi connectivity index (χ1) is 8.79. The molecule has 6 heteroatoms. The smallest absolute Gasteiger partial charge is 0.326 e. The third kappa shape index (κ3) is 4.79. The molecule has 1 aromatic rings. The number of nitrogen functional groups attached to an aromatic ring is 1. The number of anilines is 1. The average molecular weight is 285 g/mol. The molecule has 0 aromatic heterocycles. The SMILES string of the molecule is CC(C)C[C@@H](NC(=O)c1cc(N)cc(Cl)c1)C(=O)O. The minimum atomic E-state index is -1.06. The van der Waals surface area contributed by atoms with Gasteiger partial charge in [0, 0.05) is 16.3 Å². The average Bonchev–Trinajstić information content (AvgIpc) is 2.25. The Labute approximate surface area is 116 Å². The van der Waals surface area contributed by atoms with E-state index in [0.29, 0.717) is 17.1 Å². The van der Waals surface area contributed by atoms with Crippen LogP contribution in [0.15, 0.2) is 18.2 Å². The summed E-state index contributed by atoms with van der Waals surface area (Å²) in [6, 6.07) is 3.49. The fraction of sp³-hybridized carbons (Fsp3) is 0.385. The zero-order valence-electron chi connectivity index (χ0n) is 10.8. The third-order valence-corrected chi connectivity index (χ3v) is 2.71. The Morgan fingerprint density at radius 3 is 2.47 bits per heavy atom. The summed E-state index contributed by atoms with van der Waals surface area (Å²) in [4.78, 5) is 23.0. The van der Waals surface area contributed by atoms with Gasteiger partial charge in [0.1, 0.15) is 6.04 Å². The fourth-order valence-electron chi connectivity index (χ4n) is 1.68. The van der Waals surface area contributed by atoms with E-state index in [0.717, 1.165) is 0 Å². The number of benzene rings is 1. The lowest BCUT2D eigenvalue weighted by Crippen LogP contribution is -2.41. The van der Waals surface area contributed by atoms with Gasteiger partial charge >= 0.3 is 5.97 Å². The Morgan fingerprint density at radius 1 is 1.37 bits per heavy atom. The van der Waals surface area contributed by atoms with Gasteiger partial charge in [-0.2, -0.15) is 0 Å². The summed E-state index contributed by atoms with van der Waals surface area (Å²) in [5.74, 6) is -1.40. The summed E-state index contributed by atoms with van der Waals surface area (Å²) in [6.07, 6.45) is 0.358. The number of carboxylic acids is 1. The molecule has 5 nitrogen and oxygen atoms in total. The molecule has 0 saturated heterocycles. The lowest BCUT2D eigenvalue weighted by molar-refractivity contribution is -0.139. The Hall–Kier alpha value is -1.75. The molecular weight excluding hydrogens is 268 g/mol. The van der Waals surface area contributed by atoms with E-state index in [1.54, 1.807) is 0 Å². The molecule has 0 saturated carbocycles. The zero-order valence-corrected chi connectivity index (χ0v) is 11.6. The largest absolute Gasteiger partial charge is 0.480 e. The lowest BCUT2D eigenvalue weighted by Gasteiger charge is -2.16. The van der Waals surface area contributed by atoms with Gasteiger partial charge in [0.25, 0.3) is 5.91 Å². The number of hydrogen-bond donors (Lipinski definition) is 3. The van der Waals surface area contributed by atoms with Crippen molar-refractivity contribution in [2.45, 2.75) is 26.3 Å². The predicted molar refractivity (Wildman–Crippen MR) is 74.2 cm³/mol. The van der Waals surface area contributed by atoms with E-state index < -0.39 is 17.9 Å². The molecule has 0 aliphatic carbocycles. The molecule has 1 aromatic carbocycles. The minimum Gasteiger partial charge on any atom is -0.480 e. The second-order valence-electron chi connectivity index (χ2n) is 4.77. The monoisotopic (exact) mass is 284 g/mol. The maximum Gasteiger partial charge on any atom is 0.326 e. The van der Waals surface area contributed by atoms with Crippen molar-refractivity contribution in [3.05, 3.63) is 28.8 Å². The molecule has 0 unspecified atom stereocenters. The molecule has 0 bridgehead atoms. The number of carboxylic acid groups (broad SMARTS) is 1. The minimum absolute atomic E-state index is 0.158. The molecule has 19 heavy (non-hydrogen) atoms. The van der Waals surface area contributed by atoms with Gasteiger partial charge in [-0.25, -0.2) is 4.79 Å². The number of nitrogens with one attached hydrogen (secondary N) is 1. The highest BCUT2D eigenvalue weighted by Gasteiger charge is 2.21. The van der Waals surface area contributed by atoms with Crippen LogP contribution in [-0.2, 0) is 4.79 Å². The first kappa shape index (κ1) is 15.3. The second-order valence-corrected chi connectivity index (χ2v) is 5.20. The van der Waals surface area contributed by atoms with E-state index in [2.05, 4.69) is 5.32 Å². The number of hydrogen-bond acceptors (Lipinski definition) is 3. The number of nitrogens with two attached hydrogens (primary N) is 1. The number of rotatable bonds is 5. The number of halogens is 1. The third-order valence-electron chi connectivity index (χ3n) is 2.49. The highest BCUT2D eigenvalue weighted by atomic mass is 35.5. The first-order valence-electron chi connectivity index (χ1n) is 5.89. The first-order valence-corrected chi connectivity index (χ1v) is 6.27. The standard InChI is InChI=1S/C13H17ClN2O3/c1-7(2)3-11(13(18)19)16-12(17)8-4-9(14)6-10(15)5-8/h4-7,11H,3,15H2,1-2H3,(H,16,17)(H,18,19)/t11-/m1/s1. The van der Waals surface area contributed by atoms with Crippen molar-refractivity contribution in [1.82, 2.24) is 5.32 Å². The van der Waals surface area contributed by atoms with E-state index in [4.69, 9.17) is 22.4 Å². The predicted octanol–water partition coefficient (Wildman–Crippen LogP) is 2.15. The molecule has 4 N–H and O–H groups in total. The highest BCUT2D eigenvalue weighted by molar-refractivity contribution is 6.31. The van der Waals surface area contributed by atoms with Gasteiger partial charge in [-0.1, -0.05) is 25.4 Å². The van der Waals surface area contributed by atoms with Crippen LogP contribution in [0.3, 0.4) is 0 Å². The normalized spacial score (nSPS) is 12.2. The van der Waals surface area contributed by atoms with Crippen LogP contribution >= 0.6 is 11.6 Å². The fourth-order valence-corrected chi connectivity index (χ4v) is 1.92. The molecule has 104 valence electrons. The molecule has 0 spiro atoms. The number of carbonyl (C=O) groups is 2. The summed E-state index contributed by atoms with van der Waals surface area (Å²) in [5.41, 5.74) is 6.19. The van der Waals surface area contributed by atoms with Gasteiger partial charge in [0.15, 0.2) is 0 Å². The molecule has 0 heterocycles. The van der Waals surface area contributed by atoms with Crippen LogP contribution in [0.1, 0.15) is 30.6 Å². The summed E-state index contributed by atoms with van der Waals surface area (Å²) >= 11 is 5.80. The molecule has 0 fully saturated rings.